The smallest absolute Gasteiger partial charge is 0.328 e. The molecule has 0 spiro atoms. The predicted octanol–water partition coefficient (Wildman–Crippen LogP) is 16.3. The van der Waals surface area contributed by atoms with Gasteiger partial charge in [0, 0.05) is 38.8 Å². The van der Waals surface area contributed by atoms with Crippen LogP contribution in [-0.4, -0.2) is 12.4 Å². The summed E-state index contributed by atoms with van der Waals surface area (Å²) < 4.78 is 7.22. The van der Waals surface area contributed by atoms with Crippen LogP contribution in [0.25, 0.3) is 55.0 Å². The maximum Gasteiger partial charge on any atom is 0.328 e. The molecule has 0 N–H and O–H groups in total. The molecule has 5 aliphatic rings. The van der Waals surface area contributed by atoms with Crippen LogP contribution in [0.5, 0.6) is 0 Å². The lowest BCUT2D eigenvalue weighted by Crippen LogP contribution is -2.70. The molecular weight excluding hydrogens is 824 g/mol. The molecule has 7 aromatic carbocycles. The van der Waals surface area contributed by atoms with E-state index in [9.17, 15) is 0 Å². The van der Waals surface area contributed by atoms with Crippen molar-refractivity contribution in [1.82, 2.24) is 0 Å². The average molecular weight is 891 g/mol. The molecule has 0 saturated heterocycles. The number of hydrogen-bond donors (Lipinski definition) is 0. The van der Waals surface area contributed by atoms with Crippen molar-refractivity contribution in [2.75, 3.05) is 9.71 Å². The van der Waals surface area contributed by atoms with Crippen LogP contribution in [0.3, 0.4) is 0 Å². The first-order chi connectivity index (χ1) is 32.2. The minimum absolute atomic E-state index is 0.0103. The summed E-state index contributed by atoms with van der Waals surface area (Å²) in [7, 11) is 0. The van der Waals surface area contributed by atoms with Gasteiger partial charge in [0.2, 0.25) is 0 Å². The SMILES string of the molecule is CC(C)(C)c1ccc(N2c3cc4ccccc4c4c3B(c3ccc5oc6cc7c(cc6c5c32)C(C)(C)CCC7(C)C)N2c3c-4cc(C(C)(C)C)cc3C3(C)CCCCC23C)c(-c2ccccc2)c1. The molecule has 2 atom stereocenters. The van der Waals surface area contributed by atoms with E-state index >= 15 is 0 Å². The Morgan fingerprint density at radius 1 is 0.544 bits per heavy atom. The molecule has 0 amide bonds. The summed E-state index contributed by atoms with van der Waals surface area (Å²) in [5, 5.41) is 5.07. The number of anilines is 4. The van der Waals surface area contributed by atoms with Crippen LogP contribution in [0.15, 0.2) is 120 Å². The first-order valence-corrected chi connectivity index (χ1v) is 25.8. The van der Waals surface area contributed by atoms with Crippen LogP contribution >= 0.6 is 0 Å². The van der Waals surface area contributed by atoms with Gasteiger partial charge in [0.1, 0.15) is 11.2 Å². The van der Waals surface area contributed by atoms with Gasteiger partial charge in [-0.05, 0) is 157 Å². The zero-order valence-corrected chi connectivity index (χ0v) is 42.6. The molecule has 1 saturated carbocycles. The Morgan fingerprint density at radius 2 is 1.22 bits per heavy atom. The van der Waals surface area contributed by atoms with E-state index in [-0.39, 0.29) is 39.5 Å². The minimum atomic E-state index is -0.102. The molecule has 342 valence electrons. The van der Waals surface area contributed by atoms with Gasteiger partial charge in [-0.2, -0.15) is 0 Å². The topological polar surface area (TPSA) is 19.6 Å². The van der Waals surface area contributed by atoms with Crippen LogP contribution in [0.1, 0.15) is 149 Å². The summed E-state index contributed by atoms with van der Waals surface area (Å²) in [6.07, 6.45) is 7.18. The largest absolute Gasteiger partial charge is 0.456 e. The molecule has 13 rings (SSSR count). The highest BCUT2D eigenvalue weighted by molar-refractivity contribution is 6.93. The first kappa shape index (κ1) is 42.4. The Kier molecular flexibility index (Phi) is 8.43. The fourth-order valence-corrected chi connectivity index (χ4v) is 14.2. The summed E-state index contributed by atoms with van der Waals surface area (Å²) >= 11 is 0. The monoisotopic (exact) mass is 891 g/mol. The first-order valence-electron chi connectivity index (χ1n) is 25.8. The third kappa shape index (κ3) is 5.50. The molecule has 3 nitrogen and oxygen atoms in total. The molecule has 1 fully saturated rings. The fourth-order valence-electron chi connectivity index (χ4n) is 14.2. The Balaban J connectivity index is 1.23. The van der Waals surface area contributed by atoms with E-state index in [1.54, 1.807) is 5.56 Å². The molecule has 8 aromatic rings. The van der Waals surface area contributed by atoms with Gasteiger partial charge in [-0.1, -0.05) is 162 Å². The molecule has 3 aliphatic heterocycles. The van der Waals surface area contributed by atoms with Crippen LogP contribution in [-0.2, 0) is 27.1 Å². The standard InChI is InChI=1S/C64H67BN2O/c1-59(2,3)40-24-26-50(43(33-40)38-20-14-13-15-21-38)66-51-32-39-22-16-17-23-42(39)54-45-34-41(60(4,5)6)35-48-57(45)67(64(12)29-19-18-28-63(48,64)11)65(56(51)54)49-25-27-52-55(58(49)66)44-36-46-47(37-53(44)68-52)62(9,10)31-30-61(46,7)8/h13-17,20-27,32-37H,18-19,28-31H2,1-12H3. The normalized spacial score (nSPS) is 22.0. The van der Waals surface area contributed by atoms with Gasteiger partial charge in [0.25, 0.3) is 0 Å². The Bertz CT molecular complexity index is 3490. The Hall–Kier alpha value is -5.74. The third-order valence-corrected chi connectivity index (χ3v) is 18.6. The highest BCUT2D eigenvalue weighted by atomic mass is 16.3. The zero-order valence-electron chi connectivity index (χ0n) is 42.6. The Labute approximate surface area is 405 Å². The highest BCUT2D eigenvalue weighted by Gasteiger charge is 2.63. The van der Waals surface area contributed by atoms with Crippen LogP contribution in [0, 0.1) is 0 Å². The van der Waals surface area contributed by atoms with E-state index in [1.165, 1.54) is 119 Å². The summed E-state index contributed by atoms with van der Waals surface area (Å²) in [5.74, 6) is 0. The van der Waals surface area contributed by atoms with Crippen molar-refractivity contribution < 1.29 is 4.42 Å². The molecule has 0 radical (unpaired) electrons. The molecule has 4 heterocycles. The van der Waals surface area contributed by atoms with Crippen molar-refractivity contribution in [3.05, 3.63) is 143 Å². The van der Waals surface area contributed by atoms with Gasteiger partial charge < -0.3 is 14.1 Å². The molecule has 1 aromatic heterocycles. The average Bonchev–Trinajstić information content (AvgIpc) is 3.78. The number of nitrogens with zero attached hydrogens (tertiary/aromatic N) is 2. The quantitative estimate of drug-likeness (QED) is 0.161. The van der Waals surface area contributed by atoms with Crippen LogP contribution in [0.2, 0.25) is 0 Å². The van der Waals surface area contributed by atoms with Gasteiger partial charge in [0.05, 0.1) is 16.8 Å². The maximum absolute atomic E-state index is 7.22. The predicted molar refractivity (Wildman–Crippen MR) is 291 cm³/mol. The summed E-state index contributed by atoms with van der Waals surface area (Å²) in [4.78, 5) is 5.72. The van der Waals surface area contributed by atoms with Crippen molar-refractivity contribution in [2.45, 2.75) is 154 Å². The summed E-state index contributed by atoms with van der Waals surface area (Å²) in [6.45, 7) is 29.3. The van der Waals surface area contributed by atoms with Gasteiger partial charge in [0.15, 0.2) is 0 Å². The maximum atomic E-state index is 7.22. The molecule has 4 heteroatoms. The van der Waals surface area contributed by atoms with Gasteiger partial charge in [-0.15, -0.1) is 0 Å². The number of furan rings is 1. The van der Waals surface area contributed by atoms with Crippen molar-refractivity contribution in [1.29, 1.82) is 0 Å². The van der Waals surface area contributed by atoms with Gasteiger partial charge >= 0.3 is 6.85 Å². The van der Waals surface area contributed by atoms with E-state index in [0.717, 1.165) is 30.4 Å². The van der Waals surface area contributed by atoms with E-state index in [1.807, 2.05) is 0 Å². The van der Waals surface area contributed by atoms with Crippen molar-refractivity contribution >= 4 is 73.2 Å². The lowest BCUT2D eigenvalue weighted by atomic mass is 9.41. The summed E-state index contributed by atoms with van der Waals surface area (Å²) in [5.41, 5.74) is 22.4. The fraction of sp³-hybridized carbons (Fsp3) is 0.375. The zero-order chi connectivity index (χ0) is 47.2. The second kappa shape index (κ2) is 13.5. The van der Waals surface area contributed by atoms with Crippen molar-refractivity contribution in [3.8, 4) is 22.3 Å². The van der Waals surface area contributed by atoms with E-state index in [0.29, 0.717) is 0 Å². The minimum Gasteiger partial charge on any atom is -0.456 e. The van der Waals surface area contributed by atoms with Crippen LogP contribution < -0.4 is 20.6 Å². The molecule has 2 unspecified atom stereocenters. The number of fused-ring (bicyclic) bond motifs is 14. The number of hydrogen-bond acceptors (Lipinski definition) is 3. The number of rotatable bonds is 2. The molecular formula is C64H67BN2O. The third-order valence-electron chi connectivity index (χ3n) is 18.6. The van der Waals surface area contributed by atoms with E-state index in [2.05, 4.69) is 208 Å². The molecule has 2 aliphatic carbocycles. The second-order valence-corrected chi connectivity index (χ2v) is 25.5. The van der Waals surface area contributed by atoms with Gasteiger partial charge in [-0.25, -0.2) is 0 Å². The van der Waals surface area contributed by atoms with Crippen molar-refractivity contribution in [3.63, 3.8) is 0 Å². The lowest BCUT2D eigenvalue weighted by molar-refractivity contribution is 0.199. The second-order valence-electron chi connectivity index (χ2n) is 25.5. The highest BCUT2D eigenvalue weighted by Crippen LogP contribution is 2.64. The van der Waals surface area contributed by atoms with Gasteiger partial charge in [-0.3, -0.25) is 0 Å². The Morgan fingerprint density at radius 3 is 1.96 bits per heavy atom. The molecule has 68 heavy (non-hydrogen) atoms. The van der Waals surface area contributed by atoms with Crippen molar-refractivity contribution in [2.24, 2.45) is 0 Å². The van der Waals surface area contributed by atoms with E-state index in [4.69, 9.17) is 4.42 Å². The molecule has 0 bridgehead atoms. The lowest BCUT2D eigenvalue weighted by Gasteiger charge is -2.55. The van der Waals surface area contributed by atoms with Crippen LogP contribution in [0.4, 0.5) is 22.7 Å². The number of benzene rings is 7. The summed E-state index contributed by atoms with van der Waals surface area (Å²) in [6, 6.07) is 45.4. The van der Waals surface area contributed by atoms with E-state index < -0.39 is 0 Å².